The molecular formula is C23H21N7O. The molecule has 0 atom stereocenters. The minimum absolute atomic E-state index is 0.0102. The van der Waals surface area contributed by atoms with Crippen molar-refractivity contribution in [2.75, 3.05) is 23.7 Å². The van der Waals surface area contributed by atoms with Gasteiger partial charge in [0.15, 0.2) is 0 Å². The predicted octanol–water partition coefficient (Wildman–Crippen LogP) is 2.26. The van der Waals surface area contributed by atoms with Crippen molar-refractivity contribution < 1.29 is 4.79 Å². The molecule has 5 rings (SSSR count). The van der Waals surface area contributed by atoms with Gasteiger partial charge in [-0.3, -0.25) is 9.78 Å². The maximum absolute atomic E-state index is 11.5. The van der Waals surface area contributed by atoms with Gasteiger partial charge in [0.05, 0.1) is 18.2 Å². The van der Waals surface area contributed by atoms with Gasteiger partial charge >= 0.3 is 0 Å². The SMILES string of the molecule is N#CC1(c2ncccc2CCc2ccnc(Nc3ccc4c(c3)CC(=O)N4)n2)CNC1. The average Bonchev–Trinajstić information content (AvgIpc) is 3.12. The number of nitrogens with one attached hydrogen (secondary N) is 3. The van der Waals surface area contributed by atoms with Gasteiger partial charge in [-0.2, -0.15) is 5.26 Å². The van der Waals surface area contributed by atoms with Crippen LogP contribution >= 0.6 is 0 Å². The number of aromatic nitrogens is 3. The first-order valence-electron chi connectivity index (χ1n) is 10.2. The Bertz CT molecular complexity index is 1200. The first-order valence-corrected chi connectivity index (χ1v) is 10.2. The fourth-order valence-electron chi connectivity index (χ4n) is 4.04. The minimum atomic E-state index is -0.529. The molecule has 0 spiro atoms. The Morgan fingerprint density at radius 1 is 1.13 bits per heavy atom. The van der Waals surface area contributed by atoms with E-state index < -0.39 is 5.41 Å². The molecule has 1 amide bonds. The van der Waals surface area contributed by atoms with Crippen LogP contribution in [0.2, 0.25) is 0 Å². The van der Waals surface area contributed by atoms with E-state index in [0.717, 1.165) is 40.3 Å². The van der Waals surface area contributed by atoms with Crippen LogP contribution < -0.4 is 16.0 Å². The van der Waals surface area contributed by atoms with Crippen LogP contribution in [0.5, 0.6) is 0 Å². The van der Waals surface area contributed by atoms with Crippen LogP contribution in [0.3, 0.4) is 0 Å². The summed E-state index contributed by atoms with van der Waals surface area (Å²) in [7, 11) is 0. The van der Waals surface area contributed by atoms with E-state index in [1.807, 2.05) is 36.4 Å². The van der Waals surface area contributed by atoms with Gasteiger partial charge in [0, 0.05) is 42.6 Å². The third-order valence-electron chi connectivity index (χ3n) is 5.76. The molecule has 3 N–H and O–H groups in total. The predicted molar refractivity (Wildman–Crippen MR) is 116 cm³/mol. The topological polar surface area (TPSA) is 116 Å². The Morgan fingerprint density at radius 3 is 2.84 bits per heavy atom. The molecule has 2 aliphatic heterocycles. The van der Waals surface area contributed by atoms with Gasteiger partial charge in [0.25, 0.3) is 0 Å². The molecule has 31 heavy (non-hydrogen) atoms. The number of amides is 1. The zero-order valence-electron chi connectivity index (χ0n) is 16.9. The lowest BCUT2D eigenvalue weighted by atomic mass is 9.77. The van der Waals surface area contributed by atoms with Crippen molar-refractivity contribution in [2.24, 2.45) is 0 Å². The molecule has 1 saturated heterocycles. The van der Waals surface area contributed by atoms with Crippen LogP contribution in [0.25, 0.3) is 0 Å². The van der Waals surface area contributed by atoms with Crippen molar-refractivity contribution in [2.45, 2.75) is 24.7 Å². The fraction of sp³-hybridized carbons (Fsp3) is 0.261. The van der Waals surface area contributed by atoms with Crippen LogP contribution in [0, 0.1) is 11.3 Å². The van der Waals surface area contributed by atoms with Crippen LogP contribution in [-0.4, -0.2) is 33.9 Å². The molecule has 4 heterocycles. The van der Waals surface area contributed by atoms with Crippen LogP contribution in [-0.2, 0) is 29.5 Å². The van der Waals surface area contributed by atoms with Gasteiger partial charge in [-0.05, 0) is 54.3 Å². The molecule has 154 valence electrons. The number of benzene rings is 1. The fourth-order valence-corrected chi connectivity index (χ4v) is 4.04. The molecule has 1 aromatic carbocycles. The van der Waals surface area contributed by atoms with Crippen LogP contribution in [0.4, 0.5) is 17.3 Å². The highest BCUT2D eigenvalue weighted by Crippen LogP contribution is 2.30. The summed E-state index contributed by atoms with van der Waals surface area (Å²) in [6.45, 7) is 1.27. The van der Waals surface area contributed by atoms with Gasteiger partial charge < -0.3 is 16.0 Å². The monoisotopic (exact) mass is 411 g/mol. The minimum Gasteiger partial charge on any atom is -0.326 e. The van der Waals surface area contributed by atoms with E-state index in [0.29, 0.717) is 31.9 Å². The maximum Gasteiger partial charge on any atom is 0.228 e. The second kappa shape index (κ2) is 7.78. The second-order valence-corrected chi connectivity index (χ2v) is 7.90. The van der Waals surface area contributed by atoms with Crippen molar-refractivity contribution in [3.8, 4) is 6.07 Å². The number of pyridine rings is 1. The Labute approximate surface area is 179 Å². The van der Waals surface area contributed by atoms with Crippen molar-refractivity contribution in [1.82, 2.24) is 20.3 Å². The van der Waals surface area contributed by atoms with Crippen molar-refractivity contribution in [1.29, 1.82) is 5.26 Å². The maximum atomic E-state index is 11.5. The van der Waals surface area contributed by atoms with Crippen molar-refractivity contribution in [3.05, 3.63) is 71.3 Å². The largest absolute Gasteiger partial charge is 0.326 e. The number of hydrogen-bond donors (Lipinski definition) is 3. The summed E-state index contributed by atoms with van der Waals surface area (Å²) in [5, 5.41) is 18.9. The summed E-state index contributed by atoms with van der Waals surface area (Å²) in [6.07, 6.45) is 5.34. The molecule has 0 aliphatic carbocycles. The third-order valence-corrected chi connectivity index (χ3v) is 5.76. The van der Waals surface area contributed by atoms with E-state index in [4.69, 9.17) is 0 Å². The van der Waals surface area contributed by atoms with Gasteiger partial charge in [-0.25, -0.2) is 9.97 Å². The third kappa shape index (κ3) is 3.71. The quantitative estimate of drug-likeness (QED) is 0.570. The number of hydrogen-bond acceptors (Lipinski definition) is 7. The Morgan fingerprint density at radius 2 is 2.03 bits per heavy atom. The Balaban J connectivity index is 1.30. The molecule has 0 unspecified atom stereocenters. The molecule has 2 aliphatic rings. The normalized spacial score (nSPS) is 16.0. The molecular weight excluding hydrogens is 390 g/mol. The second-order valence-electron chi connectivity index (χ2n) is 7.90. The molecule has 3 aromatic rings. The van der Waals surface area contributed by atoms with E-state index in [2.05, 4.69) is 37.0 Å². The number of carbonyl (C=O) groups is 1. The van der Waals surface area contributed by atoms with Gasteiger partial charge in [0.2, 0.25) is 11.9 Å². The van der Waals surface area contributed by atoms with E-state index in [-0.39, 0.29) is 5.91 Å². The molecule has 2 aromatic heterocycles. The lowest BCUT2D eigenvalue weighted by molar-refractivity contribution is -0.115. The molecule has 0 radical (unpaired) electrons. The molecule has 0 saturated carbocycles. The zero-order chi connectivity index (χ0) is 21.3. The first-order chi connectivity index (χ1) is 15.1. The lowest BCUT2D eigenvalue weighted by Gasteiger charge is -2.36. The Kier molecular flexibility index (Phi) is 4.81. The highest BCUT2D eigenvalue weighted by Gasteiger charge is 2.41. The number of aryl methyl sites for hydroxylation is 2. The Hall–Kier alpha value is -3.83. The summed E-state index contributed by atoms with van der Waals surface area (Å²) < 4.78 is 0. The summed E-state index contributed by atoms with van der Waals surface area (Å²) in [4.78, 5) is 25.0. The van der Waals surface area contributed by atoms with E-state index >= 15 is 0 Å². The van der Waals surface area contributed by atoms with E-state index in [1.165, 1.54) is 0 Å². The number of fused-ring (bicyclic) bond motifs is 1. The lowest BCUT2D eigenvalue weighted by Crippen LogP contribution is -2.56. The van der Waals surface area contributed by atoms with Gasteiger partial charge in [0.1, 0.15) is 5.41 Å². The van der Waals surface area contributed by atoms with Gasteiger partial charge in [-0.15, -0.1) is 0 Å². The highest BCUT2D eigenvalue weighted by molar-refractivity contribution is 5.99. The summed E-state index contributed by atoms with van der Waals surface area (Å²) in [6, 6.07) is 14.0. The summed E-state index contributed by atoms with van der Waals surface area (Å²) in [5.74, 6) is 0.522. The smallest absolute Gasteiger partial charge is 0.228 e. The number of nitriles is 1. The van der Waals surface area contributed by atoms with Crippen molar-refractivity contribution >= 4 is 23.2 Å². The van der Waals surface area contributed by atoms with Crippen molar-refractivity contribution in [3.63, 3.8) is 0 Å². The van der Waals surface area contributed by atoms with Gasteiger partial charge in [-0.1, -0.05) is 6.07 Å². The molecule has 1 fully saturated rings. The zero-order valence-corrected chi connectivity index (χ0v) is 16.9. The average molecular weight is 411 g/mol. The summed E-state index contributed by atoms with van der Waals surface area (Å²) >= 11 is 0. The number of nitrogens with zero attached hydrogens (tertiary/aromatic N) is 4. The van der Waals surface area contributed by atoms with Crippen LogP contribution in [0.15, 0.2) is 48.8 Å². The number of anilines is 3. The highest BCUT2D eigenvalue weighted by atomic mass is 16.1. The molecule has 8 nitrogen and oxygen atoms in total. The summed E-state index contributed by atoms with van der Waals surface area (Å²) in [5.41, 5.74) is 4.98. The number of carbonyl (C=O) groups excluding carboxylic acids is 1. The van der Waals surface area contributed by atoms with E-state index in [1.54, 1.807) is 12.4 Å². The molecule has 0 bridgehead atoms. The standard InChI is InChI=1S/C23H21N7O/c24-12-23(13-25-14-23)21-15(2-1-8-26-21)3-4-17-7-9-27-22(28-17)29-18-5-6-19-16(10-18)11-20(31)30-19/h1-2,5-10,25H,3-4,11,13-14H2,(H,30,31)(H,27,28,29). The van der Waals surface area contributed by atoms with Crippen LogP contribution in [0.1, 0.15) is 22.5 Å². The number of rotatable bonds is 6. The molecule has 8 heteroatoms. The van der Waals surface area contributed by atoms with E-state index in [9.17, 15) is 10.1 Å². The first kappa shape index (κ1) is 19.2.